The maximum absolute atomic E-state index is 10.1. The van der Waals surface area contributed by atoms with Crippen LogP contribution in [-0.2, 0) is 6.54 Å². The van der Waals surface area contributed by atoms with Crippen molar-refractivity contribution in [3.05, 3.63) is 48.0 Å². The standard InChI is InChI=1S/C17H17N3O2/c1-3-20-14-9-5-4-8-13(14)19-17(20)18-11-12-7-6-10-15(22-2)16(12)21/h4-11,21H,3H2,1-2H3. The van der Waals surface area contributed by atoms with E-state index >= 15 is 0 Å². The molecule has 0 aliphatic heterocycles. The largest absolute Gasteiger partial charge is 0.504 e. The number of aromatic hydroxyl groups is 1. The molecule has 3 aromatic rings. The Labute approximate surface area is 128 Å². The zero-order valence-corrected chi connectivity index (χ0v) is 12.5. The van der Waals surface area contributed by atoms with Crippen molar-refractivity contribution < 1.29 is 9.84 Å². The van der Waals surface area contributed by atoms with Crippen LogP contribution in [0, 0.1) is 0 Å². The van der Waals surface area contributed by atoms with Crippen LogP contribution < -0.4 is 4.74 Å². The van der Waals surface area contributed by atoms with E-state index in [1.54, 1.807) is 18.3 Å². The van der Waals surface area contributed by atoms with Gasteiger partial charge in [-0.1, -0.05) is 18.2 Å². The van der Waals surface area contributed by atoms with E-state index in [2.05, 4.69) is 16.9 Å². The first-order valence-electron chi connectivity index (χ1n) is 7.10. The van der Waals surface area contributed by atoms with Gasteiger partial charge in [-0.15, -0.1) is 0 Å². The fourth-order valence-corrected chi connectivity index (χ4v) is 2.41. The van der Waals surface area contributed by atoms with Gasteiger partial charge in [0.05, 0.1) is 18.1 Å². The van der Waals surface area contributed by atoms with Crippen molar-refractivity contribution in [2.75, 3.05) is 7.11 Å². The molecular weight excluding hydrogens is 278 g/mol. The Balaban J connectivity index is 2.03. The number of ether oxygens (including phenoxy) is 1. The molecule has 0 unspecified atom stereocenters. The van der Waals surface area contributed by atoms with E-state index in [0.29, 0.717) is 17.3 Å². The highest BCUT2D eigenvalue weighted by atomic mass is 16.5. The molecular formula is C17H17N3O2. The summed E-state index contributed by atoms with van der Waals surface area (Å²) in [6.07, 6.45) is 1.60. The van der Waals surface area contributed by atoms with Crippen LogP contribution in [0.2, 0.25) is 0 Å². The van der Waals surface area contributed by atoms with Crippen molar-refractivity contribution in [3.8, 4) is 11.5 Å². The molecule has 2 aromatic carbocycles. The predicted molar refractivity (Wildman–Crippen MR) is 87.3 cm³/mol. The molecule has 1 N–H and O–H groups in total. The number of aliphatic imine (C=N–C) groups is 1. The van der Waals surface area contributed by atoms with Crippen molar-refractivity contribution in [1.82, 2.24) is 9.55 Å². The van der Waals surface area contributed by atoms with Crippen molar-refractivity contribution in [3.63, 3.8) is 0 Å². The minimum atomic E-state index is 0.0768. The number of fused-ring (bicyclic) bond motifs is 1. The predicted octanol–water partition coefficient (Wildman–Crippen LogP) is 3.52. The summed E-state index contributed by atoms with van der Waals surface area (Å²) in [7, 11) is 1.52. The molecule has 1 aromatic heterocycles. The molecule has 3 rings (SSSR count). The average Bonchev–Trinajstić information content (AvgIpc) is 2.91. The molecule has 0 saturated heterocycles. The third-order valence-corrected chi connectivity index (χ3v) is 3.52. The van der Waals surface area contributed by atoms with E-state index in [-0.39, 0.29) is 5.75 Å². The zero-order chi connectivity index (χ0) is 15.5. The highest BCUT2D eigenvalue weighted by molar-refractivity contribution is 5.87. The van der Waals surface area contributed by atoms with Gasteiger partial charge in [0.1, 0.15) is 0 Å². The normalized spacial score (nSPS) is 11.4. The fourth-order valence-electron chi connectivity index (χ4n) is 2.41. The first-order chi connectivity index (χ1) is 10.7. The number of para-hydroxylation sites is 3. The van der Waals surface area contributed by atoms with Crippen LogP contribution in [0.5, 0.6) is 11.5 Å². The summed E-state index contributed by atoms with van der Waals surface area (Å²) in [6, 6.07) is 13.2. The number of nitrogens with zero attached hydrogens (tertiary/aromatic N) is 3. The van der Waals surface area contributed by atoms with Gasteiger partial charge in [-0.25, -0.2) is 9.98 Å². The van der Waals surface area contributed by atoms with Crippen molar-refractivity contribution in [2.24, 2.45) is 4.99 Å². The second kappa shape index (κ2) is 5.89. The first-order valence-corrected chi connectivity index (χ1v) is 7.10. The summed E-state index contributed by atoms with van der Waals surface area (Å²) < 4.78 is 7.13. The molecule has 0 spiro atoms. The van der Waals surface area contributed by atoms with Crippen LogP contribution in [0.3, 0.4) is 0 Å². The van der Waals surface area contributed by atoms with E-state index < -0.39 is 0 Å². The Morgan fingerprint density at radius 3 is 2.82 bits per heavy atom. The van der Waals surface area contributed by atoms with Gasteiger partial charge in [0, 0.05) is 18.3 Å². The lowest BCUT2D eigenvalue weighted by molar-refractivity contribution is 0.373. The van der Waals surface area contributed by atoms with Gasteiger partial charge in [-0.3, -0.25) is 0 Å². The highest BCUT2D eigenvalue weighted by Crippen LogP contribution is 2.29. The van der Waals surface area contributed by atoms with Crippen molar-refractivity contribution >= 4 is 23.2 Å². The smallest absolute Gasteiger partial charge is 0.230 e. The Kier molecular flexibility index (Phi) is 3.78. The maximum atomic E-state index is 10.1. The zero-order valence-electron chi connectivity index (χ0n) is 12.5. The minimum absolute atomic E-state index is 0.0768. The van der Waals surface area contributed by atoms with Gasteiger partial charge in [0.15, 0.2) is 11.5 Å². The molecule has 0 bridgehead atoms. The number of phenols is 1. The second-order valence-corrected chi connectivity index (χ2v) is 4.80. The monoisotopic (exact) mass is 295 g/mol. The Hall–Kier alpha value is -2.82. The minimum Gasteiger partial charge on any atom is -0.504 e. The van der Waals surface area contributed by atoms with Gasteiger partial charge in [0.25, 0.3) is 0 Å². The summed E-state index contributed by atoms with van der Waals surface area (Å²) in [5.41, 5.74) is 2.55. The number of phenolic OH excluding ortho intramolecular Hbond substituents is 1. The number of hydrogen-bond acceptors (Lipinski definition) is 4. The third kappa shape index (κ3) is 2.41. The summed E-state index contributed by atoms with van der Waals surface area (Å²) in [6.45, 7) is 2.83. The van der Waals surface area contributed by atoms with Crippen LogP contribution in [0.4, 0.5) is 5.95 Å². The SMILES string of the molecule is CCn1c(N=Cc2cccc(OC)c2O)nc2ccccc21. The van der Waals surface area contributed by atoms with Crippen molar-refractivity contribution in [2.45, 2.75) is 13.5 Å². The first kappa shape index (κ1) is 14.1. The van der Waals surface area contributed by atoms with Crippen LogP contribution >= 0.6 is 0 Å². The molecule has 0 radical (unpaired) electrons. The van der Waals surface area contributed by atoms with Gasteiger partial charge in [-0.2, -0.15) is 0 Å². The van der Waals surface area contributed by atoms with Crippen molar-refractivity contribution in [1.29, 1.82) is 0 Å². The van der Waals surface area contributed by atoms with E-state index in [1.165, 1.54) is 7.11 Å². The molecule has 0 aliphatic rings. The Morgan fingerprint density at radius 1 is 1.23 bits per heavy atom. The number of hydrogen-bond donors (Lipinski definition) is 1. The molecule has 0 fully saturated rings. The lowest BCUT2D eigenvalue weighted by Crippen LogP contribution is -1.93. The van der Waals surface area contributed by atoms with E-state index in [1.807, 2.05) is 34.9 Å². The Morgan fingerprint density at radius 2 is 2.05 bits per heavy atom. The van der Waals surface area contributed by atoms with Crippen LogP contribution in [-0.4, -0.2) is 28.0 Å². The summed E-state index contributed by atoms with van der Waals surface area (Å²) >= 11 is 0. The Bertz CT molecular complexity index is 837. The van der Waals surface area contributed by atoms with Gasteiger partial charge in [-0.05, 0) is 31.2 Å². The van der Waals surface area contributed by atoms with E-state index in [9.17, 15) is 5.11 Å². The van der Waals surface area contributed by atoms with E-state index in [4.69, 9.17) is 4.74 Å². The molecule has 0 amide bonds. The molecule has 22 heavy (non-hydrogen) atoms. The highest BCUT2D eigenvalue weighted by Gasteiger charge is 2.09. The molecule has 5 nitrogen and oxygen atoms in total. The lowest BCUT2D eigenvalue weighted by atomic mass is 10.2. The number of methoxy groups -OCH3 is 1. The molecule has 5 heteroatoms. The summed E-state index contributed by atoms with van der Waals surface area (Å²) in [5.74, 6) is 1.12. The van der Waals surface area contributed by atoms with Gasteiger partial charge in [0.2, 0.25) is 5.95 Å². The third-order valence-electron chi connectivity index (χ3n) is 3.52. The summed E-state index contributed by atoms with van der Waals surface area (Å²) in [4.78, 5) is 8.96. The molecule has 0 atom stereocenters. The molecule has 0 aliphatic carbocycles. The quantitative estimate of drug-likeness (QED) is 0.749. The van der Waals surface area contributed by atoms with Crippen LogP contribution in [0.1, 0.15) is 12.5 Å². The molecule has 112 valence electrons. The fraction of sp³-hybridized carbons (Fsp3) is 0.176. The van der Waals surface area contributed by atoms with Gasteiger partial charge < -0.3 is 14.4 Å². The number of aryl methyl sites for hydroxylation is 1. The topological polar surface area (TPSA) is 59.6 Å². The maximum Gasteiger partial charge on any atom is 0.230 e. The van der Waals surface area contributed by atoms with Crippen LogP contribution in [0.25, 0.3) is 11.0 Å². The molecule has 0 saturated carbocycles. The summed E-state index contributed by atoms with van der Waals surface area (Å²) in [5, 5.41) is 10.1. The number of aromatic nitrogens is 2. The lowest BCUT2D eigenvalue weighted by Gasteiger charge is -2.05. The number of imidazole rings is 1. The average molecular weight is 295 g/mol. The number of rotatable bonds is 4. The van der Waals surface area contributed by atoms with Crippen LogP contribution in [0.15, 0.2) is 47.5 Å². The van der Waals surface area contributed by atoms with E-state index in [0.717, 1.165) is 17.6 Å². The second-order valence-electron chi connectivity index (χ2n) is 4.80. The number of benzene rings is 2. The molecule has 1 heterocycles. The van der Waals surface area contributed by atoms with Gasteiger partial charge >= 0.3 is 0 Å².